The number of aromatic nitrogens is 4. The number of carbonyl (C=O) groups is 1. The Labute approximate surface area is 171 Å². The maximum Gasteiger partial charge on any atom is 0.278 e. The zero-order chi connectivity index (χ0) is 20.2. The Morgan fingerprint density at radius 1 is 1.14 bits per heavy atom. The molecule has 1 amide bonds. The Morgan fingerprint density at radius 2 is 1.90 bits per heavy atom. The van der Waals surface area contributed by atoms with Crippen LogP contribution in [-0.4, -0.2) is 31.2 Å². The quantitative estimate of drug-likeness (QED) is 0.480. The van der Waals surface area contributed by atoms with Crippen molar-refractivity contribution in [3.8, 4) is 5.69 Å². The molecule has 0 bridgehead atoms. The molecule has 0 aliphatic carbocycles. The standard InChI is InChI=1S/C21H19N5O2S/c1-2-14-8-10-15(11-9-14)24-17(27)12-29-21-25-18-19(22-13-23-20(18)28)26(21)16-6-4-3-5-7-16/h3-11,13H,2,12H2,1H3,(H,24,27)(H,22,23,28). The summed E-state index contributed by atoms with van der Waals surface area (Å²) in [4.78, 5) is 35.8. The van der Waals surface area contributed by atoms with Crippen LogP contribution < -0.4 is 10.9 Å². The molecule has 29 heavy (non-hydrogen) atoms. The van der Waals surface area contributed by atoms with E-state index >= 15 is 0 Å². The normalized spacial score (nSPS) is 10.9. The van der Waals surface area contributed by atoms with Crippen molar-refractivity contribution in [2.75, 3.05) is 11.1 Å². The van der Waals surface area contributed by atoms with Crippen molar-refractivity contribution in [3.63, 3.8) is 0 Å². The third-order valence-electron chi connectivity index (χ3n) is 4.41. The zero-order valence-electron chi connectivity index (χ0n) is 15.8. The second-order valence-electron chi connectivity index (χ2n) is 6.36. The number of fused-ring (bicyclic) bond motifs is 1. The molecule has 0 saturated carbocycles. The van der Waals surface area contributed by atoms with E-state index < -0.39 is 0 Å². The number of anilines is 1. The average Bonchev–Trinajstić information content (AvgIpc) is 3.13. The summed E-state index contributed by atoms with van der Waals surface area (Å²) >= 11 is 1.26. The molecule has 4 rings (SSSR count). The second-order valence-corrected chi connectivity index (χ2v) is 7.30. The van der Waals surface area contributed by atoms with E-state index in [4.69, 9.17) is 0 Å². The van der Waals surface area contributed by atoms with Gasteiger partial charge in [-0.1, -0.05) is 49.0 Å². The maximum absolute atomic E-state index is 12.4. The van der Waals surface area contributed by atoms with Crippen molar-refractivity contribution in [2.24, 2.45) is 0 Å². The first-order chi connectivity index (χ1) is 14.2. The van der Waals surface area contributed by atoms with E-state index in [0.717, 1.165) is 17.8 Å². The number of nitrogens with zero attached hydrogens (tertiary/aromatic N) is 3. The number of aromatic amines is 1. The average molecular weight is 405 g/mol. The van der Waals surface area contributed by atoms with Gasteiger partial charge >= 0.3 is 0 Å². The number of rotatable bonds is 6. The molecule has 146 valence electrons. The number of thioether (sulfide) groups is 1. The van der Waals surface area contributed by atoms with Gasteiger partial charge in [-0.25, -0.2) is 9.97 Å². The van der Waals surface area contributed by atoms with Crippen molar-refractivity contribution < 1.29 is 4.79 Å². The number of amides is 1. The minimum Gasteiger partial charge on any atom is -0.325 e. The Balaban J connectivity index is 1.58. The molecule has 0 spiro atoms. The van der Waals surface area contributed by atoms with Crippen molar-refractivity contribution in [1.29, 1.82) is 0 Å². The summed E-state index contributed by atoms with van der Waals surface area (Å²) in [6.07, 6.45) is 2.31. The highest BCUT2D eigenvalue weighted by molar-refractivity contribution is 7.99. The lowest BCUT2D eigenvalue weighted by Gasteiger charge is -2.09. The van der Waals surface area contributed by atoms with Gasteiger partial charge < -0.3 is 10.3 Å². The van der Waals surface area contributed by atoms with Gasteiger partial charge in [-0.2, -0.15) is 0 Å². The summed E-state index contributed by atoms with van der Waals surface area (Å²) in [6, 6.07) is 17.3. The lowest BCUT2D eigenvalue weighted by Crippen LogP contribution is -2.14. The molecule has 4 aromatic rings. The number of H-pyrrole nitrogens is 1. The summed E-state index contributed by atoms with van der Waals surface area (Å²) in [5.41, 5.74) is 3.18. The third-order valence-corrected chi connectivity index (χ3v) is 5.35. The van der Waals surface area contributed by atoms with Gasteiger partial charge in [0.15, 0.2) is 16.3 Å². The molecule has 2 aromatic heterocycles. The Kier molecular flexibility index (Phi) is 5.44. The maximum atomic E-state index is 12.4. The summed E-state index contributed by atoms with van der Waals surface area (Å²) in [5, 5.41) is 3.42. The van der Waals surface area contributed by atoms with Gasteiger partial charge in [-0.05, 0) is 36.2 Å². The Hall–Kier alpha value is -3.39. The monoisotopic (exact) mass is 405 g/mol. The number of benzene rings is 2. The van der Waals surface area contributed by atoms with Crippen molar-refractivity contribution >= 4 is 34.5 Å². The Bertz CT molecular complexity index is 1200. The van der Waals surface area contributed by atoms with E-state index in [9.17, 15) is 9.59 Å². The smallest absolute Gasteiger partial charge is 0.278 e. The topological polar surface area (TPSA) is 92.7 Å². The number of hydrogen-bond acceptors (Lipinski definition) is 5. The number of aryl methyl sites for hydroxylation is 1. The molecule has 2 N–H and O–H groups in total. The Morgan fingerprint density at radius 3 is 2.62 bits per heavy atom. The highest BCUT2D eigenvalue weighted by Gasteiger charge is 2.17. The second kappa shape index (κ2) is 8.32. The molecular formula is C21H19N5O2S. The van der Waals surface area contributed by atoms with Gasteiger partial charge in [-0.3, -0.25) is 14.2 Å². The molecule has 2 aromatic carbocycles. The van der Waals surface area contributed by atoms with Crippen LogP contribution in [0.4, 0.5) is 5.69 Å². The van der Waals surface area contributed by atoms with Crippen molar-refractivity contribution in [3.05, 3.63) is 76.8 Å². The van der Waals surface area contributed by atoms with Gasteiger partial charge in [0, 0.05) is 11.4 Å². The van der Waals surface area contributed by atoms with Crippen LogP contribution in [0, 0.1) is 0 Å². The zero-order valence-corrected chi connectivity index (χ0v) is 16.6. The van der Waals surface area contributed by atoms with Gasteiger partial charge in [-0.15, -0.1) is 0 Å². The number of imidazole rings is 1. The van der Waals surface area contributed by atoms with Crippen LogP contribution in [0.3, 0.4) is 0 Å². The van der Waals surface area contributed by atoms with E-state index in [1.54, 1.807) is 4.57 Å². The molecule has 0 saturated heterocycles. The van der Waals surface area contributed by atoms with Gasteiger partial charge in [0.1, 0.15) is 0 Å². The molecule has 8 heteroatoms. The first-order valence-electron chi connectivity index (χ1n) is 9.19. The van der Waals surface area contributed by atoms with Crippen molar-refractivity contribution in [2.45, 2.75) is 18.5 Å². The largest absolute Gasteiger partial charge is 0.325 e. The first-order valence-corrected chi connectivity index (χ1v) is 10.2. The summed E-state index contributed by atoms with van der Waals surface area (Å²) < 4.78 is 1.79. The lowest BCUT2D eigenvalue weighted by atomic mass is 10.1. The van der Waals surface area contributed by atoms with Crippen molar-refractivity contribution in [1.82, 2.24) is 19.5 Å². The predicted octanol–water partition coefficient (Wildman–Crippen LogP) is 3.40. The van der Waals surface area contributed by atoms with E-state index in [2.05, 4.69) is 27.2 Å². The fraction of sp³-hybridized carbons (Fsp3) is 0.143. The summed E-state index contributed by atoms with van der Waals surface area (Å²) in [6.45, 7) is 2.09. The van der Waals surface area contributed by atoms with E-state index in [0.29, 0.717) is 10.8 Å². The fourth-order valence-electron chi connectivity index (χ4n) is 2.94. The summed E-state index contributed by atoms with van der Waals surface area (Å²) in [7, 11) is 0. The van der Waals surface area contributed by atoms with E-state index in [1.807, 2.05) is 54.6 Å². The molecule has 0 aliphatic heterocycles. The van der Waals surface area contributed by atoms with Gasteiger partial charge in [0.2, 0.25) is 5.91 Å². The van der Waals surface area contributed by atoms with Gasteiger partial charge in [0.05, 0.1) is 12.1 Å². The number of carbonyl (C=O) groups excluding carboxylic acids is 1. The lowest BCUT2D eigenvalue weighted by molar-refractivity contribution is -0.113. The minimum absolute atomic E-state index is 0.146. The van der Waals surface area contributed by atoms with E-state index in [1.165, 1.54) is 23.7 Å². The molecule has 2 heterocycles. The van der Waals surface area contributed by atoms with Gasteiger partial charge in [0.25, 0.3) is 5.56 Å². The molecule has 0 atom stereocenters. The molecule has 7 nitrogen and oxygen atoms in total. The molecule has 0 aliphatic rings. The van der Waals surface area contributed by atoms with Crippen LogP contribution >= 0.6 is 11.8 Å². The minimum atomic E-state index is -0.313. The molecular weight excluding hydrogens is 386 g/mol. The summed E-state index contributed by atoms with van der Waals surface area (Å²) in [5.74, 6) is 0.0108. The molecule has 0 unspecified atom stereocenters. The van der Waals surface area contributed by atoms with Crippen LogP contribution in [0.5, 0.6) is 0 Å². The number of hydrogen-bond donors (Lipinski definition) is 2. The molecule has 0 fully saturated rings. The predicted molar refractivity (Wildman–Crippen MR) is 115 cm³/mol. The van der Waals surface area contributed by atoms with Crippen LogP contribution in [0.15, 0.2) is 70.9 Å². The third kappa shape index (κ3) is 4.07. The van der Waals surface area contributed by atoms with Crippen LogP contribution in [0.1, 0.15) is 12.5 Å². The van der Waals surface area contributed by atoms with E-state index in [-0.39, 0.29) is 22.7 Å². The fourth-order valence-corrected chi connectivity index (χ4v) is 3.75. The highest BCUT2D eigenvalue weighted by atomic mass is 32.2. The van der Waals surface area contributed by atoms with Crippen LogP contribution in [0.25, 0.3) is 16.9 Å². The van der Waals surface area contributed by atoms with Crippen LogP contribution in [-0.2, 0) is 11.2 Å². The molecule has 0 radical (unpaired) electrons. The highest BCUT2D eigenvalue weighted by Crippen LogP contribution is 2.25. The number of nitrogens with one attached hydrogen (secondary N) is 2. The van der Waals surface area contributed by atoms with Crippen LogP contribution in [0.2, 0.25) is 0 Å². The first kappa shape index (κ1) is 18.9. The SMILES string of the molecule is CCc1ccc(NC(=O)CSc2nc3c(=O)[nH]cnc3n2-c2ccccc2)cc1. The number of para-hydroxylation sites is 1.